The van der Waals surface area contributed by atoms with Crippen LogP contribution in [0.5, 0.6) is 0 Å². The van der Waals surface area contributed by atoms with Crippen LogP contribution in [0.3, 0.4) is 0 Å². The molecule has 5 nitrogen and oxygen atoms in total. The van der Waals surface area contributed by atoms with Gasteiger partial charge in [0.2, 0.25) is 0 Å². The van der Waals surface area contributed by atoms with E-state index in [1.165, 1.54) is 0 Å². The summed E-state index contributed by atoms with van der Waals surface area (Å²) in [5, 5.41) is 12.7. The minimum absolute atomic E-state index is 0.0667. The van der Waals surface area contributed by atoms with E-state index in [0.717, 1.165) is 28.5 Å². The fraction of sp³-hybridized carbons (Fsp3) is 0.333. The first-order valence-electron chi connectivity index (χ1n) is 6.79. The van der Waals surface area contributed by atoms with Crippen molar-refractivity contribution in [3.63, 3.8) is 0 Å². The third-order valence-electron chi connectivity index (χ3n) is 3.49. The maximum atomic E-state index is 7.51. The van der Waals surface area contributed by atoms with Gasteiger partial charge in [-0.05, 0) is 18.6 Å². The van der Waals surface area contributed by atoms with Gasteiger partial charge in [0, 0.05) is 25.3 Å². The molecule has 0 unspecified atom stereocenters. The molecule has 0 aliphatic carbocycles. The maximum Gasteiger partial charge on any atom is 0.122 e. The van der Waals surface area contributed by atoms with Crippen LogP contribution in [-0.4, -0.2) is 22.7 Å². The third-order valence-corrected chi connectivity index (χ3v) is 3.92. The van der Waals surface area contributed by atoms with E-state index in [0.29, 0.717) is 12.1 Å². The molecule has 0 fully saturated rings. The highest BCUT2D eigenvalue weighted by Gasteiger charge is 2.15. The quantitative estimate of drug-likeness (QED) is 0.659. The van der Waals surface area contributed by atoms with Crippen molar-refractivity contribution in [3.05, 3.63) is 46.2 Å². The predicted octanol–water partition coefficient (Wildman–Crippen LogP) is 2.56. The Kier molecular flexibility index (Phi) is 4.53. The fourth-order valence-corrected chi connectivity index (χ4v) is 2.57. The highest BCUT2D eigenvalue weighted by molar-refractivity contribution is 6.31. The highest BCUT2D eigenvalue weighted by atomic mass is 35.5. The molecule has 6 heteroatoms. The average Bonchev–Trinajstić information content (AvgIpc) is 2.74. The molecule has 0 saturated carbocycles. The number of nitrogens with one attached hydrogen (secondary N) is 1. The van der Waals surface area contributed by atoms with Crippen LogP contribution in [0.2, 0.25) is 5.02 Å². The summed E-state index contributed by atoms with van der Waals surface area (Å²) >= 11 is 6.38. The standard InChI is InChI=1S/C15H20ClN5/c1-4-12-14(16)13(21(3)19-12)9-20(2)11-7-5-6-10(8-11)15(17)18/h5-8H,4,9H2,1-3H3,(H3,17,18). The molecular formula is C15H20ClN5. The number of rotatable bonds is 5. The Hall–Kier alpha value is -2.01. The van der Waals surface area contributed by atoms with E-state index in [4.69, 9.17) is 22.7 Å². The number of nitrogens with two attached hydrogens (primary N) is 1. The molecule has 0 radical (unpaired) electrons. The van der Waals surface area contributed by atoms with Crippen molar-refractivity contribution in [2.24, 2.45) is 12.8 Å². The maximum absolute atomic E-state index is 7.51. The zero-order chi connectivity index (χ0) is 15.6. The Morgan fingerprint density at radius 2 is 2.19 bits per heavy atom. The summed E-state index contributed by atoms with van der Waals surface area (Å²) in [7, 11) is 3.88. The largest absolute Gasteiger partial charge is 0.384 e. The Bertz CT molecular complexity index is 662. The van der Waals surface area contributed by atoms with Gasteiger partial charge in [-0.15, -0.1) is 0 Å². The fourth-order valence-electron chi connectivity index (χ4n) is 2.22. The molecule has 21 heavy (non-hydrogen) atoms. The molecule has 1 aromatic heterocycles. The van der Waals surface area contributed by atoms with Crippen molar-refractivity contribution in [1.29, 1.82) is 5.41 Å². The van der Waals surface area contributed by atoms with Gasteiger partial charge in [-0.25, -0.2) is 0 Å². The van der Waals surface area contributed by atoms with E-state index < -0.39 is 0 Å². The van der Waals surface area contributed by atoms with Gasteiger partial charge in [-0.2, -0.15) is 5.10 Å². The zero-order valence-electron chi connectivity index (χ0n) is 12.5. The number of anilines is 1. The van der Waals surface area contributed by atoms with Crippen LogP contribution in [0.15, 0.2) is 24.3 Å². The lowest BCUT2D eigenvalue weighted by Crippen LogP contribution is -2.20. The Morgan fingerprint density at radius 1 is 1.48 bits per heavy atom. The summed E-state index contributed by atoms with van der Waals surface area (Å²) in [6.07, 6.45) is 0.816. The SMILES string of the molecule is CCc1nn(C)c(CN(C)c2cccc(C(=N)N)c2)c1Cl. The van der Waals surface area contributed by atoms with Gasteiger partial charge in [-0.1, -0.05) is 30.7 Å². The number of aryl methyl sites for hydroxylation is 2. The highest BCUT2D eigenvalue weighted by Crippen LogP contribution is 2.24. The minimum Gasteiger partial charge on any atom is -0.384 e. The van der Waals surface area contributed by atoms with Gasteiger partial charge in [0.25, 0.3) is 0 Å². The molecule has 3 N–H and O–H groups in total. The van der Waals surface area contributed by atoms with Gasteiger partial charge in [0.05, 0.1) is 23.0 Å². The van der Waals surface area contributed by atoms with E-state index in [1.54, 1.807) is 0 Å². The Balaban J connectivity index is 2.26. The molecule has 0 atom stereocenters. The number of hydrogen-bond donors (Lipinski definition) is 2. The van der Waals surface area contributed by atoms with Gasteiger partial charge >= 0.3 is 0 Å². The monoisotopic (exact) mass is 305 g/mol. The normalized spacial score (nSPS) is 10.7. The van der Waals surface area contributed by atoms with Gasteiger partial charge < -0.3 is 10.6 Å². The number of hydrogen-bond acceptors (Lipinski definition) is 3. The number of halogens is 1. The number of nitrogens with zero attached hydrogens (tertiary/aromatic N) is 3. The first kappa shape index (κ1) is 15.4. The van der Waals surface area contributed by atoms with E-state index in [-0.39, 0.29) is 5.84 Å². The van der Waals surface area contributed by atoms with Crippen LogP contribution in [-0.2, 0) is 20.0 Å². The number of nitrogen functional groups attached to an aromatic ring is 1. The second-order valence-electron chi connectivity index (χ2n) is 5.00. The molecule has 112 valence electrons. The summed E-state index contributed by atoms with van der Waals surface area (Å²) in [4.78, 5) is 2.06. The summed E-state index contributed by atoms with van der Waals surface area (Å²) in [6, 6.07) is 7.60. The van der Waals surface area contributed by atoms with Gasteiger partial charge in [-0.3, -0.25) is 10.1 Å². The number of benzene rings is 1. The summed E-state index contributed by atoms with van der Waals surface area (Å²) in [5.41, 5.74) is 9.12. The van der Waals surface area contributed by atoms with Gasteiger partial charge in [0.1, 0.15) is 5.84 Å². The van der Waals surface area contributed by atoms with Crippen molar-refractivity contribution >= 4 is 23.1 Å². The smallest absolute Gasteiger partial charge is 0.122 e. The second kappa shape index (κ2) is 6.18. The lowest BCUT2D eigenvalue weighted by atomic mass is 10.1. The van der Waals surface area contributed by atoms with E-state index in [9.17, 15) is 0 Å². The van der Waals surface area contributed by atoms with E-state index in [2.05, 4.69) is 10.00 Å². The Morgan fingerprint density at radius 3 is 2.76 bits per heavy atom. The molecular weight excluding hydrogens is 286 g/mol. The summed E-state index contributed by atoms with van der Waals surface area (Å²) in [5.74, 6) is 0.0667. The number of aromatic nitrogens is 2. The van der Waals surface area contributed by atoms with Crippen molar-refractivity contribution < 1.29 is 0 Å². The molecule has 0 saturated heterocycles. The van der Waals surface area contributed by atoms with Crippen LogP contribution in [0, 0.1) is 5.41 Å². The second-order valence-corrected chi connectivity index (χ2v) is 5.38. The van der Waals surface area contributed by atoms with Crippen LogP contribution >= 0.6 is 11.6 Å². The van der Waals surface area contributed by atoms with Gasteiger partial charge in [0.15, 0.2) is 0 Å². The third kappa shape index (κ3) is 3.19. The van der Waals surface area contributed by atoms with E-state index >= 15 is 0 Å². The molecule has 0 aliphatic rings. The first-order chi connectivity index (χ1) is 9.93. The summed E-state index contributed by atoms with van der Waals surface area (Å²) in [6.45, 7) is 2.68. The topological polar surface area (TPSA) is 70.9 Å². The summed E-state index contributed by atoms with van der Waals surface area (Å²) < 4.78 is 1.83. The van der Waals surface area contributed by atoms with Crippen molar-refractivity contribution in [3.8, 4) is 0 Å². The molecule has 0 aliphatic heterocycles. The average molecular weight is 306 g/mol. The van der Waals surface area contributed by atoms with Crippen molar-refractivity contribution in [1.82, 2.24) is 9.78 Å². The van der Waals surface area contributed by atoms with Crippen LogP contribution in [0.4, 0.5) is 5.69 Å². The molecule has 0 spiro atoms. The molecule has 0 bridgehead atoms. The molecule has 1 heterocycles. The van der Waals surface area contributed by atoms with Crippen LogP contribution < -0.4 is 10.6 Å². The zero-order valence-corrected chi connectivity index (χ0v) is 13.3. The molecule has 0 amide bonds. The lowest BCUT2D eigenvalue weighted by molar-refractivity contribution is 0.689. The van der Waals surface area contributed by atoms with Crippen molar-refractivity contribution in [2.75, 3.05) is 11.9 Å². The van der Waals surface area contributed by atoms with Crippen LogP contribution in [0.1, 0.15) is 23.9 Å². The molecule has 2 aromatic rings. The minimum atomic E-state index is 0.0667. The first-order valence-corrected chi connectivity index (χ1v) is 7.17. The lowest BCUT2D eigenvalue weighted by Gasteiger charge is -2.20. The predicted molar refractivity (Wildman–Crippen MR) is 87.2 cm³/mol. The van der Waals surface area contributed by atoms with E-state index in [1.807, 2.05) is 50.0 Å². The number of amidine groups is 1. The van der Waals surface area contributed by atoms with Crippen molar-refractivity contribution in [2.45, 2.75) is 19.9 Å². The Labute approximate surface area is 129 Å². The van der Waals surface area contributed by atoms with Crippen LogP contribution in [0.25, 0.3) is 0 Å². The molecule has 2 rings (SSSR count). The molecule has 1 aromatic carbocycles.